The normalized spacial score (nSPS) is 10.7. The van der Waals surface area contributed by atoms with E-state index in [0.717, 1.165) is 0 Å². The summed E-state index contributed by atoms with van der Waals surface area (Å²) >= 11 is 0. The first-order chi connectivity index (χ1) is 10.5. The van der Waals surface area contributed by atoms with Gasteiger partial charge in [-0.05, 0) is 23.8 Å². The van der Waals surface area contributed by atoms with Gasteiger partial charge in [-0.25, -0.2) is 0 Å². The Morgan fingerprint density at radius 2 is 1.91 bits per heavy atom. The van der Waals surface area contributed by atoms with Crippen LogP contribution in [0.2, 0.25) is 0 Å². The maximum Gasteiger partial charge on any atom is 0.311 e. The number of para-hydroxylation sites is 1. The van der Waals surface area contributed by atoms with Gasteiger partial charge in [0.05, 0.1) is 17.0 Å². The molecule has 2 N–H and O–H groups in total. The van der Waals surface area contributed by atoms with Crippen LogP contribution >= 0.6 is 0 Å². The molecule has 0 saturated carbocycles. The first-order valence-electron chi connectivity index (χ1n) is 6.28. The van der Waals surface area contributed by atoms with Crippen molar-refractivity contribution in [2.75, 3.05) is 0 Å². The molecule has 0 heterocycles. The van der Waals surface area contributed by atoms with Gasteiger partial charge < -0.3 is 10.2 Å². The van der Waals surface area contributed by atoms with Gasteiger partial charge in [0, 0.05) is 17.8 Å². The van der Waals surface area contributed by atoms with Crippen molar-refractivity contribution in [1.29, 1.82) is 0 Å². The van der Waals surface area contributed by atoms with Crippen LogP contribution in [0.1, 0.15) is 11.1 Å². The lowest BCUT2D eigenvalue weighted by molar-refractivity contribution is -0.385. The summed E-state index contributed by atoms with van der Waals surface area (Å²) in [4.78, 5) is 24.7. The lowest BCUT2D eigenvalue weighted by atomic mass is 10.1. The summed E-state index contributed by atoms with van der Waals surface area (Å²) in [6.45, 7) is 0. The van der Waals surface area contributed by atoms with E-state index in [1.807, 2.05) is 0 Å². The van der Waals surface area contributed by atoms with Gasteiger partial charge in [-0.1, -0.05) is 18.2 Å². The highest BCUT2D eigenvalue weighted by Crippen LogP contribution is 2.28. The molecule has 0 saturated heterocycles. The van der Waals surface area contributed by atoms with Crippen molar-refractivity contribution in [3.05, 3.63) is 63.7 Å². The van der Waals surface area contributed by atoms with Gasteiger partial charge in [-0.2, -0.15) is 0 Å². The van der Waals surface area contributed by atoms with Crippen molar-refractivity contribution in [2.24, 2.45) is 4.99 Å². The van der Waals surface area contributed by atoms with Crippen LogP contribution in [-0.2, 0) is 11.2 Å². The number of nitro benzene ring substituents is 1. The lowest BCUT2D eigenvalue weighted by Gasteiger charge is -2.00. The van der Waals surface area contributed by atoms with Crippen LogP contribution in [0.3, 0.4) is 0 Å². The minimum Gasteiger partial charge on any atom is -0.502 e. The number of nitro groups is 1. The number of carboxylic acid groups (broad SMARTS) is 1. The number of aliphatic carboxylic acids is 1. The summed E-state index contributed by atoms with van der Waals surface area (Å²) in [5.74, 6) is -1.36. The Bertz CT molecular complexity index is 738. The van der Waals surface area contributed by atoms with E-state index in [0.29, 0.717) is 11.3 Å². The Hall–Kier alpha value is -3.22. The van der Waals surface area contributed by atoms with Crippen LogP contribution in [0.4, 0.5) is 11.4 Å². The van der Waals surface area contributed by atoms with Crippen LogP contribution in [0.25, 0.3) is 0 Å². The van der Waals surface area contributed by atoms with Crippen molar-refractivity contribution in [1.82, 2.24) is 0 Å². The van der Waals surface area contributed by atoms with E-state index in [4.69, 9.17) is 5.11 Å². The van der Waals surface area contributed by atoms with Gasteiger partial charge >= 0.3 is 11.7 Å². The fourth-order valence-corrected chi connectivity index (χ4v) is 1.82. The number of aliphatic imine (C=N–C) groups is 1. The fourth-order valence-electron chi connectivity index (χ4n) is 1.82. The van der Waals surface area contributed by atoms with Gasteiger partial charge in [0.1, 0.15) is 0 Å². The zero-order valence-corrected chi connectivity index (χ0v) is 11.3. The smallest absolute Gasteiger partial charge is 0.311 e. The summed E-state index contributed by atoms with van der Waals surface area (Å²) in [6.07, 6.45) is 1.24. The second-order valence-electron chi connectivity index (χ2n) is 4.47. The maximum absolute atomic E-state index is 10.7. The third-order valence-electron chi connectivity index (χ3n) is 2.89. The average molecular weight is 300 g/mol. The van der Waals surface area contributed by atoms with Gasteiger partial charge in [-0.3, -0.25) is 19.9 Å². The highest BCUT2D eigenvalue weighted by atomic mass is 16.6. The molecule has 0 aliphatic heterocycles. The van der Waals surface area contributed by atoms with Crippen LogP contribution in [0.15, 0.2) is 47.5 Å². The molecule has 2 aromatic rings. The zero-order valence-electron chi connectivity index (χ0n) is 11.3. The number of nitrogens with zero attached hydrogens (tertiary/aromatic N) is 2. The van der Waals surface area contributed by atoms with Crippen LogP contribution < -0.4 is 0 Å². The molecule has 0 fully saturated rings. The molecule has 0 spiro atoms. The number of phenols is 1. The van der Waals surface area contributed by atoms with Crippen LogP contribution in [0, 0.1) is 10.1 Å². The molecule has 0 amide bonds. The van der Waals surface area contributed by atoms with Crippen molar-refractivity contribution in [3.8, 4) is 5.75 Å². The molecule has 7 heteroatoms. The second kappa shape index (κ2) is 6.49. The van der Waals surface area contributed by atoms with E-state index >= 15 is 0 Å². The van der Waals surface area contributed by atoms with E-state index in [1.165, 1.54) is 24.4 Å². The van der Waals surface area contributed by atoms with E-state index in [9.17, 15) is 20.0 Å². The van der Waals surface area contributed by atoms with Crippen molar-refractivity contribution in [2.45, 2.75) is 6.42 Å². The van der Waals surface area contributed by atoms with Gasteiger partial charge in [-0.15, -0.1) is 0 Å². The average Bonchev–Trinajstić information content (AvgIpc) is 2.47. The highest BCUT2D eigenvalue weighted by Gasteiger charge is 2.14. The summed E-state index contributed by atoms with van der Waals surface area (Å²) in [5, 5.41) is 29.2. The summed E-state index contributed by atoms with van der Waals surface area (Å²) in [7, 11) is 0. The van der Waals surface area contributed by atoms with Gasteiger partial charge in [0.2, 0.25) is 5.75 Å². The standard InChI is InChI=1S/C15H12N2O5/c18-14(19)8-10-4-6-12(7-5-10)16-9-11-2-1-3-13(15(11)20)17(21)22/h1-7,9,20H,8H2,(H,18,19). The van der Waals surface area contributed by atoms with Crippen molar-refractivity contribution >= 4 is 23.6 Å². The molecule has 0 aliphatic carbocycles. The molecule has 0 unspecified atom stereocenters. The Balaban J connectivity index is 2.20. The third kappa shape index (κ3) is 3.66. The molecule has 0 aliphatic rings. The molecule has 2 aromatic carbocycles. The molecule has 0 aromatic heterocycles. The van der Waals surface area contributed by atoms with E-state index in [2.05, 4.69) is 4.99 Å². The van der Waals surface area contributed by atoms with Crippen molar-refractivity contribution in [3.63, 3.8) is 0 Å². The molecule has 2 rings (SSSR count). The van der Waals surface area contributed by atoms with E-state index in [1.54, 1.807) is 24.3 Å². The molecular weight excluding hydrogens is 288 g/mol. The maximum atomic E-state index is 10.7. The lowest BCUT2D eigenvalue weighted by Crippen LogP contribution is -1.99. The van der Waals surface area contributed by atoms with Gasteiger partial charge in [0.25, 0.3) is 0 Å². The topological polar surface area (TPSA) is 113 Å². The van der Waals surface area contributed by atoms with Crippen molar-refractivity contribution < 1.29 is 19.9 Å². The number of hydrogen-bond donors (Lipinski definition) is 2. The molecule has 0 bridgehead atoms. The van der Waals surface area contributed by atoms with Crippen LogP contribution in [-0.4, -0.2) is 27.3 Å². The first-order valence-corrected chi connectivity index (χ1v) is 6.28. The Labute approximate surface area is 125 Å². The molecule has 7 nitrogen and oxygen atoms in total. The molecule has 0 radical (unpaired) electrons. The fraction of sp³-hybridized carbons (Fsp3) is 0.0667. The molecule has 0 atom stereocenters. The highest BCUT2D eigenvalue weighted by molar-refractivity contribution is 5.87. The number of rotatable bonds is 5. The summed E-state index contributed by atoms with van der Waals surface area (Å²) in [5.41, 5.74) is 1.02. The predicted molar refractivity (Wildman–Crippen MR) is 79.8 cm³/mol. The SMILES string of the molecule is O=C(O)Cc1ccc(N=Cc2cccc([N+](=O)[O-])c2O)cc1. The largest absolute Gasteiger partial charge is 0.502 e. The number of benzene rings is 2. The molecular formula is C15H12N2O5. The van der Waals surface area contributed by atoms with Crippen LogP contribution in [0.5, 0.6) is 5.75 Å². The zero-order chi connectivity index (χ0) is 16.1. The minimum absolute atomic E-state index is 0.0737. The Kier molecular flexibility index (Phi) is 4.47. The molecule has 22 heavy (non-hydrogen) atoms. The summed E-state index contributed by atoms with van der Waals surface area (Å²) in [6, 6.07) is 10.7. The quantitative estimate of drug-likeness (QED) is 0.500. The number of hydrogen-bond acceptors (Lipinski definition) is 5. The number of carbonyl (C=O) groups is 1. The second-order valence-corrected chi connectivity index (χ2v) is 4.47. The Morgan fingerprint density at radius 1 is 1.23 bits per heavy atom. The predicted octanol–water partition coefficient (Wildman–Crippen LogP) is 2.68. The summed E-state index contributed by atoms with van der Waals surface area (Å²) < 4.78 is 0. The first kappa shape index (κ1) is 15.2. The van der Waals surface area contributed by atoms with E-state index < -0.39 is 16.6 Å². The number of aromatic hydroxyl groups is 1. The number of carboxylic acids is 1. The van der Waals surface area contributed by atoms with Gasteiger partial charge in [0.15, 0.2) is 0 Å². The van der Waals surface area contributed by atoms with E-state index in [-0.39, 0.29) is 17.7 Å². The monoisotopic (exact) mass is 300 g/mol. The third-order valence-corrected chi connectivity index (χ3v) is 2.89. The molecule has 112 valence electrons. The number of phenolic OH excluding ortho intramolecular Hbond substituents is 1. The Morgan fingerprint density at radius 3 is 2.50 bits per heavy atom. The minimum atomic E-state index is -0.919.